The Kier molecular flexibility index (Phi) is 9.20. The van der Waals surface area contributed by atoms with E-state index in [2.05, 4.69) is 18.2 Å². The summed E-state index contributed by atoms with van der Waals surface area (Å²) in [6.45, 7) is 6.06. The number of benzene rings is 2. The Bertz CT molecular complexity index is 1030. The predicted molar refractivity (Wildman–Crippen MR) is 136 cm³/mol. The highest BCUT2D eigenvalue weighted by Gasteiger charge is 2.38. The van der Waals surface area contributed by atoms with Gasteiger partial charge in [0.05, 0.1) is 26.2 Å². The van der Waals surface area contributed by atoms with Crippen LogP contribution in [-0.4, -0.2) is 44.8 Å². The minimum atomic E-state index is -4.82. The summed E-state index contributed by atoms with van der Waals surface area (Å²) in [6.07, 6.45) is 0.624. The first kappa shape index (κ1) is 27.2. The summed E-state index contributed by atoms with van der Waals surface area (Å²) in [5.74, 6) is -1.77. The number of quaternary nitrogens is 2. The zero-order chi connectivity index (χ0) is 25.7. The second kappa shape index (κ2) is 12.2. The number of hydrogen-bond acceptors (Lipinski definition) is 1. The fraction of sp³-hybridized carbons (Fsp3) is 0.519. The van der Waals surface area contributed by atoms with Crippen LogP contribution in [0, 0.1) is 5.92 Å². The van der Waals surface area contributed by atoms with Gasteiger partial charge in [-0.15, -0.1) is 0 Å². The smallest absolute Gasteiger partial charge is 0.348 e. The van der Waals surface area contributed by atoms with Gasteiger partial charge in [0.25, 0.3) is 0 Å². The molecule has 196 valence electrons. The molecule has 9 heteroatoms. The lowest BCUT2D eigenvalue weighted by Crippen LogP contribution is -3.12. The van der Waals surface area contributed by atoms with E-state index in [1.165, 1.54) is 48.4 Å². The summed E-state index contributed by atoms with van der Waals surface area (Å²) >= 11 is 12.6. The molecule has 0 atom stereocenters. The Morgan fingerprint density at radius 2 is 1.33 bits per heavy atom. The highest BCUT2D eigenvalue weighted by atomic mass is 35.5. The molecule has 0 saturated carbocycles. The van der Waals surface area contributed by atoms with Gasteiger partial charge in [-0.1, -0.05) is 23.2 Å². The molecule has 1 amide bonds. The lowest BCUT2D eigenvalue weighted by molar-refractivity contribution is -0.920. The standard InChI is InChI=1S/C27H32Cl2F3N3O/c28-24-13-23(14-25(29)15-24)22-11-20(17-34-6-2-1-3-7-34)10-21(12-22)18-35-8-4-19(5-9-35)16-33-26(36)27(30,31)32/h10-15,19H,1-9,16-18H2,(H,33,36)/p+2. The van der Waals surface area contributed by atoms with Crippen molar-refractivity contribution in [3.05, 3.63) is 57.6 Å². The number of carbonyl (C=O) groups excluding carboxylic acids is 1. The Balaban J connectivity index is 1.44. The first-order chi connectivity index (χ1) is 17.2. The molecule has 0 spiro atoms. The van der Waals surface area contributed by atoms with E-state index in [1.807, 2.05) is 17.4 Å². The molecule has 3 N–H and O–H groups in total. The zero-order valence-corrected chi connectivity index (χ0v) is 21.8. The van der Waals surface area contributed by atoms with Crippen LogP contribution < -0.4 is 15.1 Å². The van der Waals surface area contributed by atoms with Crippen LogP contribution in [0.4, 0.5) is 13.2 Å². The van der Waals surface area contributed by atoms with Gasteiger partial charge in [0.1, 0.15) is 13.1 Å². The summed E-state index contributed by atoms with van der Waals surface area (Å²) in [6, 6.07) is 12.4. The third-order valence-electron chi connectivity index (χ3n) is 7.34. The number of nitrogens with one attached hydrogen (secondary N) is 3. The van der Waals surface area contributed by atoms with E-state index in [0.717, 1.165) is 50.1 Å². The molecule has 2 aromatic carbocycles. The summed E-state index contributed by atoms with van der Waals surface area (Å²) in [4.78, 5) is 14.1. The third kappa shape index (κ3) is 7.85. The van der Waals surface area contributed by atoms with E-state index in [-0.39, 0.29) is 12.5 Å². The molecule has 0 aliphatic carbocycles. The molecule has 2 aromatic rings. The van der Waals surface area contributed by atoms with Gasteiger partial charge in [0, 0.05) is 40.6 Å². The number of alkyl halides is 3. The molecule has 2 heterocycles. The molecule has 36 heavy (non-hydrogen) atoms. The molecule has 2 fully saturated rings. The number of halogens is 5. The molecule has 2 aliphatic rings. The zero-order valence-electron chi connectivity index (χ0n) is 20.3. The number of likely N-dealkylation sites (tertiary alicyclic amines) is 2. The van der Waals surface area contributed by atoms with Crippen molar-refractivity contribution in [2.24, 2.45) is 5.92 Å². The molecule has 4 rings (SSSR count). The van der Waals surface area contributed by atoms with E-state index >= 15 is 0 Å². The lowest BCUT2D eigenvalue weighted by atomic mass is 9.95. The highest BCUT2D eigenvalue weighted by Crippen LogP contribution is 2.29. The lowest BCUT2D eigenvalue weighted by Gasteiger charge is -2.30. The van der Waals surface area contributed by atoms with Crippen LogP contribution in [0.3, 0.4) is 0 Å². The second-order valence-electron chi connectivity index (χ2n) is 10.3. The molecule has 0 aromatic heterocycles. The average Bonchev–Trinajstić information content (AvgIpc) is 2.83. The van der Waals surface area contributed by atoms with E-state index in [4.69, 9.17) is 23.2 Å². The van der Waals surface area contributed by atoms with Crippen molar-refractivity contribution in [3.8, 4) is 11.1 Å². The predicted octanol–water partition coefficient (Wildman–Crippen LogP) is 3.70. The topological polar surface area (TPSA) is 38.0 Å². The van der Waals surface area contributed by atoms with Crippen LogP contribution in [0.1, 0.15) is 43.2 Å². The average molecular weight is 544 g/mol. The van der Waals surface area contributed by atoms with Crippen LogP contribution in [-0.2, 0) is 17.9 Å². The van der Waals surface area contributed by atoms with Crippen LogP contribution in [0.25, 0.3) is 11.1 Å². The molecular formula is C27H34Cl2F3N3O+2. The molecule has 0 bridgehead atoms. The molecule has 0 unspecified atom stereocenters. The Hall–Kier alpha value is -1.80. The van der Waals surface area contributed by atoms with Crippen LogP contribution in [0.5, 0.6) is 0 Å². The number of hydrogen-bond donors (Lipinski definition) is 3. The summed E-state index contributed by atoms with van der Waals surface area (Å²) < 4.78 is 37.4. The maximum absolute atomic E-state index is 12.5. The number of rotatable bonds is 7. The quantitative estimate of drug-likeness (QED) is 0.489. The summed E-state index contributed by atoms with van der Waals surface area (Å²) in [5, 5.41) is 3.26. The van der Waals surface area contributed by atoms with Crippen molar-refractivity contribution < 1.29 is 27.8 Å². The SMILES string of the molecule is O=C(NCC1CC[NH+](Cc2cc(C[NH+]3CCCCC3)cc(-c3cc(Cl)cc(Cl)c3)c2)CC1)C(F)(F)F. The molecule has 2 aliphatic heterocycles. The Labute approximate surface area is 220 Å². The van der Waals surface area contributed by atoms with Gasteiger partial charge in [-0.05, 0) is 72.7 Å². The van der Waals surface area contributed by atoms with Crippen molar-refractivity contribution in [1.29, 1.82) is 0 Å². The number of amides is 1. The van der Waals surface area contributed by atoms with Crippen molar-refractivity contribution >= 4 is 29.1 Å². The first-order valence-corrected chi connectivity index (χ1v) is 13.5. The minimum Gasteiger partial charge on any atom is -0.348 e. The largest absolute Gasteiger partial charge is 0.471 e. The van der Waals surface area contributed by atoms with Gasteiger partial charge in [0.2, 0.25) is 0 Å². The monoisotopic (exact) mass is 543 g/mol. The number of piperidine rings is 2. The minimum absolute atomic E-state index is 0.0817. The summed E-state index contributed by atoms with van der Waals surface area (Å²) in [7, 11) is 0. The van der Waals surface area contributed by atoms with E-state index in [1.54, 1.807) is 11.0 Å². The van der Waals surface area contributed by atoms with Gasteiger partial charge in [0.15, 0.2) is 0 Å². The molecular weight excluding hydrogens is 510 g/mol. The summed E-state index contributed by atoms with van der Waals surface area (Å²) in [5.41, 5.74) is 4.65. The number of carbonyl (C=O) groups is 1. The Morgan fingerprint density at radius 1 is 0.806 bits per heavy atom. The highest BCUT2D eigenvalue weighted by molar-refractivity contribution is 6.35. The fourth-order valence-corrected chi connectivity index (χ4v) is 5.99. The van der Waals surface area contributed by atoms with Crippen LogP contribution in [0.15, 0.2) is 36.4 Å². The van der Waals surface area contributed by atoms with Gasteiger partial charge >= 0.3 is 12.1 Å². The van der Waals surface area contributed by atoms with Gasteiger partial charge < -0.3 is 15.1 Å². The van der Waals surface area contributed by atoms with Gasteiger partial charge in [-0.2, -0.15) is 13.2 Å². The van der Waals surface area contributed by atoms with Crippen LogP contribution >= 0.6 is 23.2 Å². The van der Waals surface area contributed by atoms with E-state index < -0.39 is 12.1 Å². The van der Waals surface area contributed by atoms with E-state index in [9.17, 15) is 18.0 Å². The first-order valence-electron chi connectivity index (χ1n) is 12.8. The van der Waals surface area contributed by atoms with Crippen molar-refractivity contribution in [2.75, 3.05) is 32.7 Å². The van der Waals surface area contributed by atoms with Crippen molar-refractivity contribution in [2.45, 2.75) is 51.4 Å². The maximum Gasteiger partial charge on any atom is 0.471 e. The van der Waals surface area contributed by atoms with Gasteiger partial charge in [-0.25, -0.2) is 0 Å². The van der Waals surface area contributed by atoms with E-state index in [0.29, 0.717) is 10.0 Å². The second-order valence-corrected chi connectivity index (χ2v) is 11.1. The Morgan fingerprint density at radius 3 is 1.89 bits per heavy atom. The maximum atomic E-state index is 12.5. The molecule has 0 radical (unpaired) electrons. The molecule has 4 nitrogen and oxygen atoms in total. The normalized spacial score (nSPS) is 21.4. The van der Waals surface area contributed by atoms with Crippen molar-refractivity contribution in [1.82, 2.24) is 5.32 Å². The third-order valence-corrected chi connectivity index (χ3v) is 7.77. The van der Waals surface area contributed by atoms with Gasteiger partial charge in [-0.3, -0.25) is 4.79 Å². The van der Waals surface area contributed by atoms with Crippen molar-refractivity contribution in [3.63, 3.8) is 0 Å². The van der Waals surface area contributed by atoms with Crippen LogP contribution in [0.2, 0.25) is 10.0 Å². The molecule has 2 saturated heterocycles. The fourth-order valence-electron chi connectivity index (χ4n) is 5.46.